The van der Waals surface area contributed by atoms with Gasteiger partial charge < -0.3 is 19.5 Å². The molecular weight excluding hydrogens is 280 g/mol. The largest absolute Gasteiger partial charge is 0.467 e. The van der Waals surface area contributed by atoms with Crippen molar-refractivity contribution in [2.75, 3.05) is 38.1 Å². The Labute approximate surface area is 129 Å². The third-order valence-electron chi connectivity index (χ3n) is 3.86. The summed E-state index contributed by atoms with van der Waals surface area (Å²) in [7, 11) is 2.12. The molecule has 3 rings (SSSR count). The number of nitrogens with one attached hydrogen (secondary N) is 1. The van der Waals surface area contributed by atoms with Gasteiger partial charge in [-0.2, -0.15) is 0 Å². The topological polar surface area (TPSA) is 61.6 Å². The Morgan fingerprint density at radius 3 is 2.86 bits per heavy atom. The average Bonchev–Trinajstić information content (AvgIpc) is 3.07. The highest BCUT2D eigenvalue weighted by Gasteiger charge is 2.16. The summed E-state index contributed by atoms with van der Waals surface area (Å²) in [6.07, 6.45) is 5.00. The first kappa shape index (κ1) is 14.6. The minimum Gasteiger partial charge on any atom is -0.467 e. The summed E-state index contributed by atoms with van der Waals surface area (Å²) in [5.41, 5.74) is 1.57. The van der Waals surface area contributed by atoms with Crippen LogP contribution in [0.15, 0.2) is 41.3 Å². The van der Waals surface area contributed by atoms with Crippen molar-refractivity contribution < 1.29 is 9.21 Å². The number of likely N-dealkylation sites (N-methyl/N-ethyl adjacent to an activating group) is 1. The molecule has 1 aliphatic rings. The Balaban J connectivity index is 1.64. The van der Waals surface area contributed by atoms with E-state index >= 15 is 0 Å². The summed E-state index contributed by atoms with van der Waals surface area (Å²) in [6.45, 7) is 4.33. The van der Waals surface area contributed by atoms with Crippen molar-refractivity contribution in [3.8, 4) is 0 Å². The third kappa shape index (κ3) is 3.46. The monoisotopic (exact) mass is 300 g/mol. The van der Waals surface area contributed by atoms with Crippen molar-refractivity contribution in [2.45, 2.75) is 6.54 Å². The number of carbonyl (C=O) groups excluding carboxylic acids is 1. The molecule has 6 heteroatoms. The van der Waals surface area contributed by atoms with Gasteiger partial charge in [-0.25, -0.2) is 0 Å². The smallest absolute Gasteiger partial charge is 0.253 e. The second-order valence-corrected chi connectivity index (χ2v) is 5.48. The standard InChI is InChI=1S/C16H20N4O2/c1-19-4-6-20(7-5-19)14-9-13(10-17-11-14)16(21)18-12-15-3-2-8-22-15/h2-3,8-11H,4-7,12H2,1H3,(H,18,21). The first-order valence-corrected chi connectivity index (χ1v) is 7.41. The number of nitrogens with zero attached hydrogens (tertiary/aromatic N) is 3. The SMILES string of the molecule is CN1CCN(c2cncc(C(=O)NCc3ccco3)c2)CC1. The minimum absolute atomic E-state index is 0.139. The molecule has 1 aliphatic heterocycles. The highest BCUT2D eigenvalue weighted by Crippen LogP contribution is 2.16. The molecule has 0 unspecified atom stereocenters. The van der Waals surface area contributed by atoms with E-state index in [0.717, 1.165) is 37.6 Å². The van der Waals surface area contributed by atoms with Crippen molar-refractivity contribution in [1.82, 2.24) is 15.2 Å². The van der Waals surface area contributed by atoms with E-state index in [4.69, 9.17) is 4.42 Å². The van der Waals surface area contributed by atoms with Gasteiger partial charge >= 0.3 is 0 Å². The third-order valence-corrected chi connectivity index (χ3v) is 3.86. The molecule has 3 heterocycles. The summed E-state index contributed by atoms with van der Waals surface area (Å²) in [5.74, 6) is 0.594. The Bertz CT molecular complexity index is 619. The molecule has 0 atom stereocenters. The highest BCUT2D eigenvalue weighted by atomic mass is 16.3. The van der Waals surface area contributed by atoms with Gasteiger partial charge in [0.2, 0.25) is 0 Å². The van der Waals surface area contributed by atoms with Gasteiger partial charge in [0.15, 0.2) is 0 Å². The molecule has 1 fully saturated rings. The van der Waals surface area contributed by atoms with E-state index in [1.165, 1.54) is 0 Å². The van der Waals surface area contributed by atoms with Gasteiger partial charge in [-0.3, -0.25) is 9.78 Å². The lowest BCUT2D eigenvalue weighted by Crippen LogP contribution is -2.44. The van der Waals surface area contributed by atoms with E-state index in [1.807, 2.05) is 18.3 Å². The maximum Gasteiger partial charge on any atom is 0.253 e. The zero-order chi connectivity index (χ0) is 15.4. The number of furan rings is 1. The van der Waals surface area contributed by atoms with Crippen molar-refractivity contribution in [3.63, 3.8) is 0 Å². The Kier molecular flexibility index (Phi) is 4.39. The Morgan fingerprint density at radius 2 is 2.14 bits per heavy atom. The van der Waals surface area contributed by atoms with Crippen LogP contribution < -0.4 is 10.2 Å². The van der Waals surface area contributed by atoms with Crippen LogP contribution in [0.3, 0.4) is 0 Å². The molecule has 0 spiro atoms. The van der Waals surface area contributed by atoms with Gasteiger partial charge in [0.25, 0.3) is 5.91 Å². The molecule has 0 saturated carbocycles. The van der Waals surface area contributed by atoms with Crippen LogP contribution in [0, 0.1) is 0 Å². The van der Waals surface area contributed by atoms with E-state index in [1.54, 1.807) is 18.5 Å². The average molecular weight is 300 g/mol. The lowest BCUT2D eigenvalue weighted by Gasteiger charge is -2.33. The van der Waals surface area contributed by atoms with Crippen LogP contribution >= 0.6 is 0 Å². The van der Waals surface area contributed by atoms with Gasteiger partial charge in [-0.05, 0) is 25.2 Å². The molecule has 0 bridgehead atoms. The predicted octanol–water partition coefficient (Wildman–Crippen LogP) is 1.36. The molecule has 1 saturated heterocycles. The number of hydrogen-bond donors (Lipinski definition) is 1. The second-order valence-electron chi connectivity index (χ2n) is 5.48. The summed E-state index contributed by atoms with van der Waals surface area (Å²) in [4.78, 5) is 21.0. The number of aromatic nitrogens is 1. The van der Waals surface area contributed by atoms with Crippen LogP contribution in [0.4, 0.5) is 5.69 Å². The number of piperazine rings is 1. The molecule has 0 radical (unpaired) electrons. The lowest BCUT2D eigenvalue weighted by molar-refractivity contribution is 0.0947. The molecule has 6 nitrogen and oxygen atoms in total. The number of pyridine rings is 1. The molecule has 2 aromatic rings. The highest BCUT2D eigenvalue weighted by molar-refractivity contribution is 5.94. The number of amides is 1. The van der Waals surface area contributed by atoms with Crippen LogP contribution in [0.2, 0.25) is 0 Å². The maximum atomic E-state index is 12.2. The second kappa shape index (κ2) is 6.62. The molecular formula is C16H20N4O2. The van der Waals surface area contributed by atoms with Gasteiger partial charge in [-0.1, -0.05) is 0 Å². The van der Waals surface area contributed by atoms with Crippen LogP contribution in [0.5, 0.6) is 0 Å². The Hall–Kier alpha value is -2.34. The van der Waals surface area contributed by atoms with Crippen molar-refractivity contribution in [1.29, 1.82) is 0 Å². The number of carbonyl (C=O) groups is 1. The van der Waals surface area contributed by atoms with Crippen molar-refractivity contribution in [2.24, 2.45) is 0 Å². The van der Waals surface area contributed by atoms with E-state index in [9.17, 15) is 4.79 Å². The van der Waals surface area contributed by atoms with Gasteiger partial charge in [-0.15, -0.1) is 0 Å². The number of rotatable bonds is 4. The summed E-state index contributed by atoms with van der Waals surface area (Å²) < 4.78 is 5.21. The summed E-state index contributed by atoms with van der Waals surface area (Å²) >= 11 is 0. The van der Waals surface area contributed by atoms with E-state index in [-0.39, 0.29) is 5.91 Å². The van der Waals surface area contributed by atoms with Crippen molar-refractivity contribution in [3.05, 3.63) is 48.2 Å². The first-order chi connectivity index (χ1) is 10.7. The number of anilines is 1. The molecule has 1 amide bonds. The van der Waals surface area contributed by atoms with Crippen LogP contribution in [0.25, 0.3) is 0 Å². The molecule has 1 N–H and O–H groups in total. The van der Waals surface area contributed by atoms with E-state index in [0.29, 0.717) is 12.1 Å². The molecule has 0 aromatic carbocycles. The van der Waals surface area contributed by atoms with E-state index < -0.39 is 0 Å². The van der Waals surface area contributed by atoms with Crippen LogP contribution in [0.1, 0.15) is 16.1 Å². The van der Waals surface area contributed by atoms with Crippen molar-refractivity contribution >= 4 is 11.6 Å². The zero-order valence-electron chi connectivity index (χ0n) is 12.7. The number of hydrogen-bond acceptors (Lipinski definition) is 5. The van der Waals surface area contributed by atoms with Crippen LogP contribution in [-0.4, -0.2) is 49.0 Å². The fourth-order valence-electron chi connectivity index (χ4n) is 2.47. The lowest BCUT2D eigenvalue weighted by atomic mass is 10.2. The zero-order valence-corrected chi connectivity index (χ0v) is 12.7. The fraction of sp³-hybridized carbons (Fsp3) is 0.375. The minimum atomic E-state index is -0.139. The first-order valence-electron chi connectivity index (χ1n) is 7.41. The predicted molar refractivity (Wildman–Crippen MR) is 83.8 cm³/mol. The van der Waals surface area contributed by atoms with E-state index in [2.05, 4.69) is 27.1 Å². The quantitative estimate of drug-likeness (QED) is 0.923. The van der Waals surface area contributed by atoms with Gasteiger partial charge in [0.05, 0.1) is 30.3 Å². The molecule has 2 aromatic heterocycles. The summed E-state index contributed by atoms with van der Waals surface area (Å²) in [5, 5.41) is 2.84. The van der Waals surface area contributed by atoms with Gasteiger partial charge in [0, 0.05) is 32.4 Å². The molecule has 116 valence electrons. The molecule has 22 heavy (non-hydrogen) atoms. The van der Waals surface area contributed by atoms with Gasteiger partial charge in [0.1, 0.15) is 5.76 Å². The normalized spacial score (nSPS) is 15.8. The molecule has 0 aliphatic carbocycles. The van der Waals surface area contributed by atoms with Crippen LogP contribution in [-0.2, 0) is 6.54 Å². The fourth-order valence-corrected chi connectivity index (χ4v) is 2.47. The maximum absolute atomic E-state index is 12.2. The Morgan fingerprint density at radius 1 is 1.32 bits per heavy atom. The summed E-state index contributed by atoms with van der Waals surface area (Å²) in [6, 6.07) is 5.53.